The zero-order valence-corrected chi connectivity index (χ0v) is 17.0. The van der Waals surface area contributed by atoms with Gasteiger partial charge in [-0.2, -0.15) is 0 Å². The summed E-state index contributed by atoms with van der Waals surface area (Å²) in [6.45, 7) is 3.71. The molecule has 7 heteroatoms. The Hall–Kier alpha value is -2.93. The van der Waals surface area contributed by atoms with Gasteiger partial charge >= 0.3 is 0 Å². The first-order chi connectivity index (χ1) is 14.7. The van der Waals surface area contributed by atoms with E-state index in [2.05, 4.69) is 14.5 Å². The lowest BCUT2D eigenvalue weighted by atomic mass is 9.77. The number of hydrogen-bond donors (Lipinski definition) is 1. The van der Waals surface area contributed by atoms with Crippen molar-refractivity contribution in [1.29, 1.82) is 0 Å². The van der Waals surface area contributed by atoms with Crippen molar-refractivity contribution in [3.05, 3.63) is 54.5 Å². The summed E-state index contributed by atoms with van der Waals surface area (Å²) in [7, 11) is 0. The first kappa shape index (κ1) is 19.1. The first-order valence-electron chi connectivity index (χ1n) is 10.6. The SMILES string of the molecule is CCOc1ncccc1C(=O)N1C[C@H]2C[C@@H](n3cnc4ccccc43)[C@H](O)C[C@H]2C1. The average Bonchev–Trinajstić information content (AvgIpc) is 3.37. The molecule has 1 amide bonds. The standard InChI is InChI=1S/C23H26N4O3/c1-2-30-22-17(6-5-9-24-22)23(29)26-12-15-10-20(21(28)11-16(15)13-26)27-14-25-18-7-3-4-8-19(18)27/h3-9,14-16,20-21,28H,2,10-13H2,1H3/t15-,16+,20-,21-/m1/s1. The molecule has 3 heterocycles. The van der Waals surface area contributed by atoms with E-state index in [-0.39, 0.29) is 11.9 Å². The third-order valence-electron chi connectivity index (χ3n) is 6.52. The van der Waals surface area contributed by atoms with Gasteiger partial charge in [-0.3, -0.25) is 4.79 Å². The number of ether oxygens (including phenoxy) is 1. The number of benzene rings is 1. The van der Waals surface area contributed by atoms with E-state index in [4.69, 9.17) is 4.74 Å². The van der Waals surface area contributed by atoms with E-state index in [0.29, 0.717) is 49.4 Å². The second-order valence-electron chi connectivity index (χ2n) is 8.27. The summed E-state index contributed by atoms with van der Waals surface area (Å²) in [5, 5.41) is 10.9. The van der Waals surface area contributed by atoms with Crippen molar-refractivity contribution in [1.82, 2.24) is 19.4 Å². The Balaban J connectivity index is 1.35. The fourth-order valence-corrected chi connectivity index (χ4v) is 5.09. The van der Waals surface area contributed by atoms with Crippen molar-refractivity contribution in [2.24, 2.45) is 11.8 Å². The molecular weight excluding hydrogens is 380 g/mol. The molecule has 7 nitrogen and oxygen atoms in total. The molecule has 1 aromatic carbocycles. The van der Waals surface area contributed by atoms with Crippen LogP contribution in [0.25, 0.3) is 11.0 Å². The number of nitrogens with zero attached hydrogens (tertiary/aromatic N) is 4. The minimum absolute atomic E-state index is 0.0221. The van der Waals surface area contributed by atoms with Crippen LogP contribution < -0.4 is 4.74 Å². The van der Waals surface area contributed by atoms with Crippen molar-refractivity contribution >= 4 is 16.9 Å². The summed E-state index contributed by atoms with van der Waals surface area (Å²) >= 11 is 0. The number of fused-ring (bicyclic) bond motifs is 2. The lowest BCUT2D eigenvalue weighted by Gasteiger charge is -2.36. The molecule has 1 saturated carbocycles. The van der Waals surface area contributed by atoms with E-state index < -0.39 is 6.10 Å². The van der Waals surface area contributed by atoms with Gasteiger partial charge in [-0.15, -0.1) is 0 Å². The summed E-state index contributed by atoms with van der Waals surface area (Å²) < 4.78 is 7.66. The highest BCUT2D eigenvalue weighted by molar-refractivity contribution is 5.96. The van der Waals surface area contributed by atoms with Gasteiger partial charge in [0.1, 0.15) is 5.56 Å². The van der Waals surface area contributed by atoms with Crippen molar-refractivity contribution < 1.29 is 14.6 Å². The molecule has 2 aromatic heterocycles. The van der Waals surface area contributed by atoms with Crippen molar-refractivity contribution in [3.63, 3.8) is 0 Å². The second kappa shape index (κ2) is 7.72. The maximum Gasteiger partial charge on any atom is 0.259 e. The highest BCUT2D eigenvalue weighted by Gasteiger charge is 2.44. The molecule has 156 valence electrons. The normalized spacial score (nSPS) is 26.0. The van der Waals surface area contributed by atoms with Crippen molar-refractivity contribution in [2.45, 2.75) is 31.9 Å². The van der Waals surface area contributed by atoms with Gasteiger partial charge in [0.05, 0.1) is 36.1 Å². The maximum atomic E-state index is 13.2. The van der Waals surface area contributed by atoms with Gasteiger partial charge in [0.2, 0.25) is 5.88 Å². The highest BCUT2D eigenvalue weighted by atomic mass is 16.5. The van der Waals surface area contributed by atoms with Crippen LogP contribution in [0, 0.1) is 11.8 Å². The van der Waals surface area contributed by atoms with Crippen LogP contribution in [-0.4, -0.2) is 56.2 Å². The van der Waals surface area contributed by atoms with E-state index in [1.165, 1.54) is 0 Å². The van der Waals surface area contributed by atoms with Crippen LogP contribution in [0.2, 0.25) is 0 Å². The van der Waals surface area contributed by atoms with Crippen LogP contribution in [-0.2, 0) is 0 Å². The number of aliphatic hydroxyl groups is 1. The molecule has 4 atom stereocenters. The number of aliphatic hydroxyl groups excluding tert-OH is 1. The number of carbonyl (C=O) groups is 1. The van der Waals surface area contributed by atoms with Gasteiger partial charge in [0.25, 0.3) is 5.91 Å². The Bertz CT molecular complexity index is 1070. The van der Waals surface area contributed by atoms with Crippen LogP contribution in [0.15, 0.2) is 48.9 Å². The topological polar surface area (TPSA) is 80.5 Å². The van der Waals surface area contributed by atoms with Gasteiger partial charge in [0, 0.05) is 19.3 Å². The number of para-hydroxylation sites is 2. The van der Waals surface area contributed by atoms with Crippen molar-refractivity contribution in [2.75, 3.05) is 19.7 Å². The fourth-order valence-electron chi connectivity index (χ4n) is 5.09. The quantitative estimate of drug-likeness (QED) is 0.721. The third kappa shape index (κ3) is 3.23. The Labute approximate surface area is 175 Å². The molecular formula is C23H26N4O3. The molecule has 30 heavy (non-hydrogen) atoms. The molecule has 0 bridgehead atoms. The molecule has 0 spiro atoms. The van der Waals surface area contributed by atoms with E-state index in [0.717, 1.165) is 17.5 Å². The van der Waals surface area contributed by atoms with Gasteiger partial charge in [0.15, 0.2) is 0 Å². The maximum absolute atomic E-state index is 13.2. The third-order valence-corrected chi connectivity index (χ3v) is 6.52. The molecule has 1 saturated heterocycles. The van der Waals surface area contributed by atoms with Crippen LogP contribution >= 0.6 is 0 Å². The largest absolute Gasteiger partial charge is 0.477 e. The van der Waals surface area contributed by atoms with Crippen LogP contribution in [0.1, 0.15) is 36.2 Å². The fraction of sp³-hybridized carbons (Fsp3) is 0.435. The number of rotatable bonds is 4. The number of imidazole rings is 1. The van der Waals surface area contributed by atoms with Crippen molar-refractivity contribution in [3.8, 4) is 5.88 Å². The molecule has 1 aliphatic heterocycles. The van der Waals surface area contributed by atoms with Crippen LogP contribution in [0.5, 0.6) is 5.88 Å². The van der Waals surface area contributed by atoms with E-state index in [9.17, 15) is 9.90 Å². The van der Waals surface area contributed by atoms with Crippen LogP contribution in [0.3, 0.4) is 0 Å². The monoisotopic (exact) mass is 406 g/mol. The Morgan fingerprint density at radius 3 is 2.77 bits per heavy atom. The van der Waals surface area contributed by atoms with E-state index in [1.807, 2.05) is 42.4 Å². The lowest BCUT2D eigenvalue weighted by Crippen LogP contribution is -2.36. The molecule has 1 N–H and O–H groups in total. The predicted molar refractivity (Wildman–Crippen MR) is 112 cm³/mol. The van der Waals surface area contributed by atoms with E-state index >= 15 is 0 Å². The zero-order valence-electron chi connectivity index (χ0n) is 17.0. The molecule has 2 aliphatic rings. The summed E-state index contributed by atoms with van der Waals surface area (Å²) in [6.07, 6.45) is 4.55. The summed E-state index contributed by atoms with van der Waals surface area (Å²) in [6, 6.07) is 11.5. The molecule has 3 aromatic rings. The number of carbonyl (C=O) groups excluding carboxylic acids is 1. The molecule has 1 aliphatic carbocycles. The predicted octanol–water partition coefficient (Wildman–Crippen LogP) is 2.91. The number of likely N-dealkylation sites (tertiary alicyclic amines) is 1. The minimum Gasteiger partial charge on any atom is -0.477 e. The molecule has 0 unspecified atom stereocenters. The Morgan fingerprint density at radius 2 is 1.93 bits per heavy atom. The smallest absolute Gasteiger partial charge is 0.259 e. The van der Waals surface area contributed by atoms with Gasteiger partial charge in [-0.1, -0.05) is 12.1 Å². The number of hydrogen-bond acceptors (Lipinski definition) is 5. The summed E-state index contributed by atoms with van der Waals surface area (Å²) in [4.78, 5) is 23.8. The Kier molecular flexibility index (Phi) is 4.90. The second-order valence-corrected chi connectivity index (χ2v) is 8.27. The summed E-state index contributed by atoms with van der Waals surface area (Å²) in [5.41, 5.74) is 2.49. The highest BCUT2D eigenvalue weighted by Crippen LogP contribution is 2.42. The lowest BCUT2D eigenvalue weighted by molar-refractivity contribution is 0.0374. The minimum atomic E-state index is -0.448. The molecule has 2 fully saturated rings. The van der Waals surface area contributed by atoms with Gasteiger partial charge in [-0.05, 0) is 55.9 Å². The number of amides is 1. The van der Waals surface area contributed by atoms with Crippen LogP contribution in [0.4, 0.5) is 0 Å². The molecule has 0 radical (unpaired) electrons. The van der Waals surface area contributed by atoms with Gasteiger partial charge in [-0.25, -0.2) is 9.97 Å². The average molecular weight is 406 g/mol. The summed E-state index contributed by atoms with van der Waals surface area (Å²) in [5.74, 6) is 1.01. The van der Waals surface area contributed by atoms with E-state index in [1.54, 1.807) is 18.3 Å². The van der Waals surface area contributed by atoms with Gasteiger partial charge < -0.3 is 19.3 Å². The first-order valence-corrected chi connectivity index (χ1v) is 10.6. The zero-order chi connectivity index (χ0) is 20.7. The number of pyridine rings is 1. The Morgan fingerprint density at radius 1 is 1.13 bits per heavy atom. The molecule has 5 rings (SSSR count). The number of aromatic nitrogens is 3.